The molecule has 21 heavy (non-hydrogen) atoms. The molecule has 1 unspecified atom stereocenters. The Bertz CT molecular complexity index is 659. The fourth-order valence-corrected chi connectivity index (χ4v) is 2.23. The van der Waals surface area contributed by atoms with E-state index in [9.17, 15) is 4.79 Å². The normalized spacial score (nSPS) is 20.6. The van der Waals surface area contributed by atoms with Crippen LogP contribution in [0.5, 0.6) is 0 Å². The third kappa shape index (κ3) is 2.81. The molecular weight excluding hydrogens is 274 g/mol. The molecule has 1 aromatic heterocycles. The molecule has 1 fully saturated rings. The Hall–Kier alpha value is -2.18. The van der Waals surface area contributed by atoms with Crippen molar-refractivity contribution >= 4 is 5.97 Å². The Kier molecular flexibility index (Phi) is 3.27. The third-order valence-electron chi connectivity index (χ3n) is 3.30. The molecule has 1 atom stereocenters. The van der Waals surface area contributed by atoms with Gasteiger partial charge in [0.05, 0.1) is 6.61 Å². The van der Waals surface area contributed by atoms with Gasteiger partial charge in [0.1, 0.15) is 6.10 Å². The number of aromatic carboxylic acids is 1. The molecular formula is C15H15NO5. The molecule has 6 heteroatoms. The average molecular weight is 289 g/mol. The molecule has 1 aliphatic rings. The van der Waals surface area contributed by atoms with Gasteiger partial charge in [0.25, 0.3) is 0 Å². The predicted molar refractivity (Wildman–Crippen MR) is 72.8 cm³/mol. The standard InChI is InChI=1S/C15H15NO5/c1-15(2)19-8-13(20-15)10-5-3-9(4-6-10)12-7-11(14(17)18)16-21-12/h3-7,13H,8H2,1-2H3,(H,17,18). The van der Waals surface area contributed by atoms with Crippen LogP contribution in [0, 0.1) is 0 Å². The molecule has 2 aromatic rings. The minimum absolute atomic E-state index is 0.0987. The smallest absolute Gasteiger partial charge is 0.358 e. The topological polar surface area (TPSA) is 81.8 Å². The van der Waals surface area contributed by atoms with E-state index < -0.39 is 11.8 Å². The van der Waals surface area contributed by atoms with E-state index in [2.05, 4.69) is 5.16 Å². The quantitative estimate of drug-likeness (QED) is 0.935. The lowest BCUT2D eigenvalue weighted by Crippen LogP contribution is -2.19. The Labute approximate surface area is 121 Å². The molecule has 1 N–H and O–H groups in total. The maximum Gasteiger partial charge on any atom is 0.358 e. The van der Waals surface area contributed by atoms with E-state index in [0.29, 0.717) is 12.4 Å². The van der Waals surface area contributed by atoms with Crippen molar-refractivity contribution in [1.29, 1.82) is 0 Å². The lowest BCUT2D eigenvalue weighted by atomic mass is 10.1. The summed E-state index contributed by atoms with van der Waals surface area (Å²) in [5.41, 5.74) is 1.66. The average Bonchev–Trinajstić information content (AvgIpc) is 3.05. The predicted octanol–water partition coefficient (Wildman–Crippen LogP) is 2.86. The van der Waals surface area contributed by atoms with Gasteiger partial charge in [-0.1, -0.05) is 29.4 Å². The molecule has 110 valence electrons. The highest BCUT2D eigenvalue weighted by Gasteiger charge is 2.33. The van der Waals surface area contributed by atoms with Gasteiger partial charge < -0.3 is 19.1 Å². The molecule has 0 radical (unpaired) electrons. The van der Waals surface area contributed by atoms with Crippen LogP contribution in [0.2, 0.25) is 0 Å². The first-order valence-electron chi connectivity index (χ1n) is 6.57. The molecule has 1 aliphatic heterocycles. The fourth-order valence-electron chi connectivity index (χ4n) is 2.23. The monoisotopic (exact) mass is 289 g/mol. The highest BCUT2D eigenvalue weighted by molar-refractivity contribution is 5.86. The van der Waals surface area contributed by atoms with Crippen molar-refractivity contribution < 1.29 is 23.9 Å². The number of ether oxygens (including phenoxy) is 2. The third-order valence-corrected chi connectivity index (χ3v) is 3.30. The molecule has 0 saturated carbocycles. The van der Waals surface area contributed by atoms with E-state index in [1.54, 1.807) is 0 Å². The summed E-state index contributed by atoms with van der Waals surface area (Å²) in [4.78, 5) is 10.8. The summed E-state index contributed by atoms with van der Waals surface area (Å²) in [5.74, 6) is -1.26. The van der Waals surface area contributed by atoms with E-state index >= 15 is 0 Å². The van der Waals surface area contributed by atoms with Gasteiger partial charge in [-0.2, -0.15) is 0 Å². The lowest BCUT2D eigenvalue weighted by molar-refractivity contribution is -0.139. The van der Waals surface area contributed by atoms with Crippen molar-refractivity contribution in [3.63, 3.8) is 0 Å². The molecule has 1 aromatic carbocycles. The van der Waals surface area contributed by atoms with Crippen LogP contribution in [-0.4, -0.2) is 28.6 Å². The van der Waals surface area contributed by atoms with Crippen molar-refractivity contribution in [1.82, 2.24) is 5.16 Å². The molecule has 1 saturated heterocycles. The van der Waals surface area contributed by atoms with Gasteiger partial charge in [-0.05, 0) is 19.4 Å². The summed E-state index contributed by atoms with van der Waals surface area (Å²) in [6.07, 6.45) is -0.0987. The van der Waals surface area contributed by atoms with Crippen LogP contribution in [0.3, 0.4) is 0 Å². The first kappa shape index (κ1) is 13.8. The number of aromatic nitrogens is 1. The van der Waals surface area contributed by atoms with Crippen LogP contribution in [-0.2, 0) is 9.47 Å². The van der Waals surface area contributed by atoms with Crippen molar-refractivity contribution in [2.75, 3.05) is 6.61 Å². The van der Waals surface area contributed by atoms with Crippen molar-refractivity contribution in [3.05, 3.63) is 41.6 Å². The maximum absolute atomic E-state index is 10.8. The second-order valence-electron chi connectivity index (χ2n) is 5.32. The summed E-state index contributed by atoms with van der Waals surface area (Å²) in [6, 6.07) is 8.91. The number of carboxylic acids is 1. The van der Waals surface area contributed by atoms with Crippen LogP contribution in [0.4, 0.5) is 0 Å². The minimum atomic E-state index is -1.11. The summed E-state index contributed by atoms with van der Waals surface area (Å²) >= 11 is 0. The highest BCUT2D eigenvalue weighted by Crippen LogP contribution is 2.33. The first-order valence-corrected chi connectivity index (χ1v) is 6.57. The van der Waals surface area contributed by atoms with Gasteiger partial charge in [0.15, 0.2) is 17.2 Å². The fraction of sp³-hybridized carbons (Fsp3) is 0.333. The largest absolute Gasteiger partial charge is 0.476 e. The molecule has 2 heterocycles. The Morgan fingerprint density at radius 3 is 2.57 bits per heavy atom. The Morgan fingerprint density at radius 2 is 2.05 bits per heavy atom. The summed E-state index contributed by atoms with van der Waals surface area (Å²) in [7, 11) is 0. The molecule has 0 aliphatic carbocycles. The van der Waals surface area contributed by atoms with E-state index in [0.717, 1.165) is 11.1 Å². The number of benzene rings is 1. The highest BCUT2D eigenvalue weighted by atomic mass is 16.7. The van der Waals surface area contributed by atoms with Crippen LogP contribution in [0.1, 0.15) is 36.0 Å². The number of rotatable bonds is 3. The molecule has 3 rings (SSSR count). The van der Waals surface area contributed by atoms with Crippen molar-refractivity contribution in [2.24, 2.45) is 0 Å². The second kappa shape index (κ2) is 4.98. The van der Waals surface area contributed by atoms with Crippen LogP contribution >= 0.6 is 0 Å². The van der Waals surface area contributed by atoms with Gasteiger partial charge in [-0.3, -0.25) is 0 Å². The van der Waals surface area contributed by atoms with Gasteiger partial charge in [0.2, 0.25) is 0 Å². The summed E-state index contributed by atoms with van der Waals surface area (Å²) in [6.45, 7) is 4.27. The number of carboxylic acid groups (broad SMARTS) is 1. The second-order valence-corrected chi connectivity index (χ2v) is 5.32. The zero-order chi connectivity index (χ0) is 15.0. The molecule has 0 spiro atoms. The number of nitrogens with zero attached hydrogens (tertiary/aromatic N) is 1. The van der Waals surface area contributed by atoms with Gasteiger partial charge in [-0.15, -0.1) is 0 Å². The van der Waals surface area contributed by atoms with Crippen LogP contribution in [0.25, 0.3) is 11.3 Å². The van der Waals surface area contributed by atoms with E-state index in [4.69, 9.17) is 19.1 Å². The van der Waals surface area contributed by atoms with Gasteiger partial charge in [0, 0.05) is 11.6 Å². The lowest BCUT2D eigenvalue weighted by Gasteiger charge is -2.17. The van der Waals surface area contributed by atoms with Gasteiger partial charge >= 0.3 is 5.97 Å². The van der Waals surface area contributed by atoms with Crippen LogP contribution < -0.4 is 0 Å². The molecule has 6 nitrogen and oxygen atoms in total. The number of hydrogen-bond donors (Lipinski definition) is 1. The summed E-state index contributed by atoms with van der Waals surface area (Å²) < 4.78 is 16.3. The number of hydrogen-bond acceptors (Lipinski definition) is 5. The molecule has 0 amide bonds. The SMILES string of the molecule is CC1(C)OCC(c2ccc(-c3cc(C(=O)O)no3)cc2)O1. The molecule has 0 bridgehead atoms. The van der Waals surface area contributed by atoms with Crippen molar-refractivity contribution in [3.8, 4) is 11.3 Å². The zero-order valence-electron chi connectivity index (χ0n) is 11.7. The van der Waals surface area contributed by atoms with Gasteiger partial charge in [-0.25, -0.2) is 4.79 Å². The number of carbonyl (C=O) groups is 1. The zero-order valence-corrected chi connectivity index (χ0v) is 11.7. The van der Waals surface area contributed by atoms with E-state index in [1.165, 1.54) is 6.07 Å². The summed E-state index contributed by atoms with van der Waals surface area (Å²) in [5, 5.41) is 12.3. The Morgan fingerprint density at radius 1 is 1.33 bits per heavy atom. The maximum atomic E-state index is 10.8. The Balaban J connectivity index is 1.79. The van der Waals surface area contributed by atoms with E-state index in [1.807, 2.05) is 38.1 Å². The van der Waals surface area contributed by atoms with Crippen molar-refractivity contribution in [2.45, 2.75) is 25.7 Å². The minimum Gasteiger partial charge on any atom is -0.476 e. The first-order chi connectivity index (χ1) is 9.94. The van der Waals surface area contributed by atoms with Crippen LogP contribution in [0.15, 0.2) is 34.9 Å². The van der Waals surface area contributed by atoms with E-state index in [-0.39, 0.29) is 11.8 Å².